The van der Waals surface area contributed by atoms with Gasteiger partial charge in [-0.1, -0.05) is 6.07 Å². The largest absolute Gasteiger partial charge is 0.495 e. The molecule has 88 valence electrons. The highest BCUT2D eigenvalue weighted by Crippen LogP contribution is 2.36. The van der Waals surface area contributed by atoms with Crippen LogP contribution in [0, 0.1) is 5.82 Å². The summed E-state index contributed by atoms with van der Waals surface area (Å²) >= 11 is 1.40. The van der Waals surface area contributed by atoms with Crippen molar-refractivity contribution < 1.29 is 9.13 Å². The monoisotopic (exact) mass is 241 g/mol. The highest BCUT2D eigenvalue weighted by atomic mass is 32.2. The van der Waals surface area contributed by atoms with Gasteiger partial charge >= 0.3 is 0 Å². The molecule has 16 heavy (non-hydrogen) atoms. The lowest BCUT2D eigenvalue weighted by Crippen LogP contribution is -2.09. The van der Waals surface area contributed by atoms with Crippen LogP contribution in [0.3, 0.4) is 0 Å². The zero-order valence-electron chi connectivity index (χ0n) is 9.55. The first-order valence-corrected chi connectivity index (χ1v) is 6.61. The van der Waals surface area contributed by atoms with E-state index in [-0.39, 0.29) is 5.82 Å². The Morgan fingerprint density at radius 3 is 2.88 bits per heavy atom. The number of rotatable bonds is 3. The van der Waals surface area contributed by atoms with E-state index in [1.54, 1.807) is 7.11 Å². The van der Waals surface area contributed by atoms with Gasteiger partial charge in [0.15, 0.2) is 0 Å². The zero-order chi connectivity index (χ0) is 11.5. The van der Waals surface area contributed by atoms with Gasteiger partial charge in [0.1, 0.15) is 11.6 Å². The summed E-state index contributed by atoms with van der Waals surface area (Å²) in [5.41, 5.74) is 0.815. The Balaban J connectivity index is 2.39. The van der Waals surface area contributed by atoms with Gasteiger partial charge in [0.25, 0.3) is 0 Å². The van der Waals surface area contributed by atoms with Crippen LogP contribution < -0.4 is 10.1 Å². The number of methoxy groups -OCH3 is 1. The molecule has 4 heteroatoms. The third-order valence-electron chi connectivity index (χ3n) is 3.02. The van der Waals surface area contributed by atoms with Gasteiger partial charge in [0.05, 0.1) is 12.0 Å². The number of nitrogens with one attached hydrogen (secondary N) is 1. The number of ether oxygens (including phenoxy) is 1. The van der Waals surface area contributed by atoms with E-state index in [9.17, 15) is 4.39 Å². The van der Waals surface area contributed by atoms with Gasteiger partial charge in [0, 0.05) is 12.5 Å². The van der Waals surface area contributed by atoms with E-state index < -0.39 is 0 Å². The third-order valence-corrected chi connectivity index (χ3v) is 3.80. The van der Waals surface area contributed by atoms with Crippen LogP contribution >= 0.6 is 11.8 Å². The van der Waals surface area contributed by atoms with Crippen molar-refractivity contribution in [1.29, 1.82) is 0 Å². The second-order valence-corrected chi connectivity index (χ2v) is 4.71. The number of hydrogen-bond acceptors (Lipinski definition) is 3. The van der Waals surface area contributed by atoms with Crippen LogP contribution in [0.5, 0.6) is 5.75 Å². The molecular formula is C12H16FNOS. The maximum absolute atomic E-state index is 14.2. The quantitative estimate of drug-likeness (QED) is 0.822. The van der Waals surface area contributed by atoms with Crippen molar-refractivity contribution in [1.82, 2.24) is 5.32 Å². The molecule has 1 unspecified atom stereocenters. The van der Waals surface area contributed by atoms with Crippen LogP contribution in [-0.2, 0) is 0 Å². The molecule has 1 heterocycles. The summed E-state index contributed by atoms with van der Waals surface area (Å²) in [5.74, 6) is 0.817. The highest BCUT2D eigenvalue weighted by Gasteiger charge is 2.23. The molecule has 1 aliphatic heterocycles. The minimum Gasteiger partial charge on any atom is -0.495 e. The van der Waals surface area contributed by atoms with Gasteiger partial charge in [-0.2, -0.15) is 0 Å². The molecule has 1 aromatic carbocycles. The van der Waals surface area contributed by atoms with Crippen LogP contribution in [0.1, 0.15) is 17.9 Å². The maximum atomic E-state index is 14.2. The minimum atomic E-state index is -0.111. The molecule has 1 atom stereocenters. The van der Waals surface area contributed by atoms with Crippen molar-refractivity contribution in [3.8, 4) is 5.75 Å². The number of halogens is 1. The molecule has 1 saturated heterocycles. The Kier molecular flexibility index (Phi) is 3.71. The molecule has 0 aromatic heterocycles. The molecule has 0 amide bonds. The predicted octanol–water partition coefficient (Wildman–Crippen LogP) is 2.63. The predicted molar refractivity (Wildman–Crippen MR) is 65.0 cm³/mol. The Hall–Kier alpha value is -0.740. The van der Waals surface area contributed by atoms with E-state index >= 15 is 0 Å². The summed E-state index contributed by atoms with van der Waals surface area (Å²) in [6.07, 6.45) is 2.88. The molecule has 1 N–H and O–H groups in total. The smallest absolute Gasteiger partial charge is 0.144 e. The normalized spacial score (nSPS) is 20.1. The van der Waals surface area contributed by atoms with Crippen LogP contribution in [0.15, 0.2) is 17.0 Å². The zero-order valence-corrected chi connectivity index (χ0v) is 10.4. The lowest BCUT2D eigenvalue weighted by molar-refractivity contribution is 0.396. The van der Waals surface area contributed by atoms with Crippen molar-refractivity contribution in [3.63, 3.8) is 0 Å². The molecule has 0 bridgehead atoms. The third kappa shape index (κ3) is 2.04. The van der Waals surface area contributed by atoms with Crippen molar-refractivity contribution in [2.75, 3.05) is 26.5 Å². The van der Waals surface area contributed by atoms with Crippen LogP contribution in [-0.4, -0.2) is 26.5 Å². The molecule has 1 aromatic rings. The first kappa shape index (κ1) is 11.7. The first-order chi connectivity index (χ1) is 7.77. The fourth-order valence-electron chi connectivity index (χ4n) is 2.14. The van der Waals surface area contributed by atoms with Crippen LogP contribution in [0.25, 0.3) is 0 Å². The average Bonchev–Trinajstić information content (AvgIpc) is 2.81. The molecule has 0 radical (unpaired) electrons. The Labute approximate surface area is 99.6 Å². The van der Waals surface area contributed by atoms with Gasteiger partial charge in [-0.3, -0.25) is 0 Å². The minimum absolute atomic E-state index is 0.111. The molecule has 1 aliphatic rings. The van der Waals surface area contributed by atoms with E-state index in [0.717, 1.165) is 25.1 Å². The van der Waals surface area contributed by atoms with Crippen LogP contribution in [0.2, 0.25) is 0 Å². The highest BCUT2D eigenvalue weighted by molar-refractivity contribution is 7.98. The molecular weight excluding hydrogens is 225 g/mol. The molecule has 0 saturated carbocycles. The lowest BCUT2D eigenvalue weighted by Gasteiger charge is -2.14. The van der Waals surface area contributed by atoms with E-state index in [4.69, 9.17) is 4.74 Å². The molecule has 2 rings (SSSR count). The second kappa shape index (κ2) is 5.06. The summed E-state index contributed by atoms with van der Waals surface area (Å²) < 4.78 is 19.4. The number of benzene rings is 1. The topological polar surface area (TPSA) is 21.3 Å². The van der Waals surface area contributed by atoms with Crippen molar-refractivity contribution in [3.05, 3.63) is 23.5 Å². The summed E-state index contributed by atoms with van der Waals surface area (Å²) in [6.45, 7) is 1.85. The van der Waals surface area contributed by atoms with Crippen molar-refractivity contribution >= 4 is 11.8 Å². The van der Waals surface area contributed by atoms with E-state index in [1.165, 1.54) is 11.8 Å². The Morgan fingerprint density at radius 1 is 1.50 bits per heavy atom. The van der Waals surface area contributed by atoms with Gasteiger partial charge < -0.3 is 10.1 Å². The molecule has 0 aliphatic carbocycles. The maximum Gasteiger partial charge on any atom is 0.144 e. The fourth-order valence-corrected chi connectivity index (χ4v) is 2.79. The SMILES string of the molecule is COc1ccc(C2CCNC2)c(F)c1SC. The summed E-state index contributed by atoms with van der Waals surface area (Å²) in [4.78, 5) is 0.618. The standard InChI is InChI=1S/C12H16FNOS/c1-15-10-4-3-9(8-5-6-14-7-8)11(13)12(10)16-2/h3-4,8,14H,5-7H2,1-2H3. The van der Waals surface area contributed by atoms with Crippen LogP contribution in [0.4, 0.5) is 4.39 Å². The number of thioether (sulfide) groups is 1. The van der Waals surface area contributed by atoms with Gasteiger partial charge in [-0.15, -0.1) is 11.8 Å². The second-order valence-electron chi connectivity index (χ2n) is 3.89. The lowest BCUT2D eigenvalue weighted by atomic mass is 9.98. The summed E-state index contributed by atoms with van der Waals surface area (Å²) in [6, 6.07) is 3.72. The van der Waals surface area contributed by atoms with Gasteiger partial charge in [0.2, 0.25) is 0 Å². The molecule has 0 spiro atoms. The number of hydrogen-bond donors (Lipinski definition) is 1. The van der Waals surface area contributed by atoms with E-state index in [1.807, 2.05) is 18.4 Å². The van der Waals surface area contributed by atoms with E-state index in [2.05, 4.69) is 5.32 Å². The molecule has 1 fully saturated rings. The first-order valence-electron chi connectivity index (χ1n) is 5.39. The summed E-state index contributed by atoms with van der Waals surface area (Å²) in [7, 11) is 1.57. The summed E-state index contributed by atoms with van der Waals surface area (Å²) in [5, 5.41) is 3.26. The van der Waals surface area contributed by atoms with E-state index in [0.29, 0.717) is 16.6 Å². The Bertz CT molecular complexity index is 378. The molecule has 2 nitrogen and oxygen atoms in total. The fraction of sp³-hybridized carbons (Fsp3) is 0.500. The van der Waals surface area contributed by atoms with Gasteiger partial charge in [-0.05, 0) is 30.9 Å². The van der Waals surface area contributed by atoms with Crippen molar-refractivity contribution in [2.45, 2.75) is 17.2 Å². The van der Waals surface area contributed by atoms with Gasteiger partial charge in [-0.25, -0.2) is 4.39 Å². The van der Waals surface area contributed by atoms with Crippen molar-refractivity contribution in [2.24, 2.45) is 0 Å². The average molecular weight is 241 g/mol. The Morgan fingerprint density at radius 2 is 2.31 bits per heavy atom.